The average Bonchev–Trinajstić information content (AvgIpc) is 3.19. The van der Waals surface area contributed by atoms with E-state index in [1.54, 1.807) is 0 Å². The van der Waals surface area contributed by atoms with Crippen molar-refractivity contribution in [2.24, 2.45) is 0 Å². The standard InChI is InChI=1S/C46H78O10/c1-3-5-7-9-11-13-15-17-19-20-21-23-24-26-28-30-32-34-41(48)53-37-39(38-54-46-45(52)44(51)43(50)40(36-47)56-46)55-42(49)35-33-31-29-27-25-22-18-16-14-12-10-8-6-4-2/h11,13,16-19,21,23,26,28,39-40,43-47,50-52H,3-10,12,14-15,20,22,24-25,27,29-38H2,1-2H3/b13-11+,18-16+,19-17+,23-21+,28-26+/t39-,40-,43+,44?,45?,46-/m0/s1. The smallest absolute Gasteiger partial charge is 0.306 e. The van der Waals surface area contributed by atoms with Crippen molar-refractivity contribution in [3.8, 4) is 0 Å². The molecule has 56 heavy (non-hydrogen) atoms. The minimum atomic E-state index is -1.61. The third kappa shape index (κ3) is 27.9. The number of carbonyl (C=O) groups is 2. The van der Waals surface area contributed by atoms with Crippen molar-refractivity contribution in [2.75, 3.05) is 19.8 Å². The van der Waals surface area contributed by atoms with E-state index in [1.807, 2.05) is 6.08 Å². The van der Waals surface area contributed by atoms with Crippen LogP contribution in [0.25, 0.3) is 0 Å². The zero-order valence-electron chi connectivity index (χ0n) is 34.9. The number of hydrogen-bond donors (Lipinski definition) is 4. The number of aliphatic hydroxyl groups excluding tert-OH is 4. The molecule has 322 valence electrons. The lowest BCUT2D eigenvalue weighted by Crippen LogP contribution is -2.59. The van der Waals surface area contributed by atoms with Crippen LogP contribution in [0, 0.1) is 0 Å². The van der Waals surface area contributed by atoms with Gasteiger partial charge in [-0.3, -0.25) is 9.59 Å². The van der Waals surface area contributed by atoms with Gasteiger partial charge in [-0.05, 0) is 77.0 Å². The van der Waals surface area contributed by atoms with E-state index in [0.717, 1.165) is 70.6 Å². The first-order valence-corrected chi connectivity index (χ1v) is 21.9. The molecule has 0 amide bonds. The topological polar surface area (TPSA) is 152 Å². The third-order valence-electron chi connectivity index (χ3n) is 9.63. The van der Waals surface area contributed by atoms with Crippen LogP contribution in [0.5, 0.6) is 0 Å². The molecule has 0 aromatic carbocycles. The van der Waals surface area contributed by atoms with Gasteiger partial charge in [0.05, 0.1) is 13.2 Å². The number of unbranched alkanes of at least 4 members (excludes halogenated alkanes) is 14. The third-order valence-corrected chi connectivity index (χ3v) is 9.63. The van der Waals surface area contributed by atoms with E-state index in [0.29, 0.717) is 12.8 Å². The Hall–Kier alpha value is -2.60. The summed E-state index contributed by atoms with van der Waals surface area (Å²) in [5.41, 5.74) is 0. The second-order valence-electron chi connectivity index (χ2n) is 14.8. The Morgan fingerprint density at radius 3 is 1.61 bits per heavy atom. The van der Waals surface area contributed by atoms with E-state index in [-0.39, 0.29) is 26.1 Å². The van der Waals surface area contributed by atoms with Crippen LogP contribution in [0.15, 0.2) is 60.8 Å². The van der Waals surface area contributed by atoms with Crippen molar-refractivity contribution in [1.29, 1.82) is 0 Å². The monoisotopic (exact) mass is 791 g/mol. The van der Waals surface area contributed by atoms with Crippen molar-refractivity contribution in [3.05, 3.63) is 60.8 Å². The van der Waals surface area contributed by atoms with Crippen LogP contribution in [0.4, 0.5) is 0 Å². The quantitative estimate of drug-likeness (QED) is 0.0278. The number of allylic oxidation sites excluding steroid dienone is 10. The molecule has 4 N–H and O–H groups in total. The van der Waals surface area contributed by atoms with Gasteiger partial charge >= 0.3 is 11.9 Å². The predicted molar refractivity (Wildman–Crippen MR) is 224 cm³/mol. The Kier molecular flexibility index (Phi) is 33.7. The predicted octanol–water partition coefficient (Wildman–Crippen LogP) is 9.05. The molecule has 10 heteroatoms. The zero-order valence-corrected chi connectivity index (χ0v) is 34.9. The summed E-state index contributed by atoms with van der Waals surface area (Å²) in [6, 6.07) is 0. The van der Waals surface area contributed by atoms with Gasteiger partial charge < -0.3 is 39.4 Å². The number of hydrogen-bond acceptors (Lipinski definition) is 10. The van der Waals surface area contributed by atoms with Crippen LogP contribution in [-0.4, -0.2) is 89.0 Å². The van der Waals surface area contributed by atoms with Gasteiger partial charge in [-0.15, -0.1) is 0 Å². The summed E-state index contributed by atoms with van der Waals surface area (Å²) in [5, 5.41) is 40.0. The second kappa shape index (κ2) is 36.7. The highest BCUT2D eigenvalue weighted by molar-refractivity contribution is 5.70. The Morgan fingerprint density at radius 2 is 1.02 bits per heavy atom. The molecule has 0 aliphatic carbocycles. The number of ether oxygens (including phenoxy) is 4. The first kappa shape index (κ1) is 51.4. The van der Waals surface area contributed by atoms with Crippen LogP contribution in [0.3, 0.4) is 0 Å². The van der Waals surface area contributed by atoms with Crippen LogP contribution in [0.1, 0.15) is 162 Å². The minimum Gasteiger partial charge on any atom is -0.462 e. The summed E-state index contributed by atoms with van der Waals surface area (Å²) in [7, 11) is 0. The van der Waals surface area contributed by atoms with Gasteiger partial charge in [-0.2, -0.15) is 0 Å². The summed E-state index contributed by atoms with van der Waals surface area (Å²) >= 11 is 0. The summed E-state index contributed by atoms with van der Waals surface area (Å²) in [4.78, 5) is 25.3. The molecule has 0 radical (unpaired) electrons. The van der Waals surface area contributed by atoms with Gasteiger partial charge in [0.15, 0.2) is 12.4 Å². The normalized spacial score (nSPS) is 21.0. The lowest BCUT2D eigenvalue weighted by molar-refractivity contribution is -0.305. The van der Waals surface area contributed by atoms with Gasteiger partial charge in [0.25, 0.3) is 0 Å². The average molecular weight is 791 g/mol. The molecule has 0 spiro atoms. The van der Waals surface area contributed by atoms with E-state index < -0.39 is 55.4 Å². The summed E-state index contributed by atoms with van der Waals surface area (Å²) in [6.45, 7) is 3.31. The van der Waals surface area contributed by atoms with E-state index in [4.69, 9.17) is 18.9 Å². The fourth-order valence-corrected chi connectivity index (χ4v) is 6.11. The molecule has 1 heterocycles. The summed E-state index contributed by atoms with van der Waals surface area (Å²) in [5.74, 6) is -0.887. The highest BCUT2D eigenvalue weighted by atomic mass is 16.7. The number of aliphatic hydroxyl groups is 4. The molecule has 0 saturated carbocycles. The molecule has 1 saturated heterocycles. The van der Waals surface area contributed by atoms with Crippen molar-refractivity contribution >= 4 is 11.9 Å². The Morgan fingerprint density at radius 1 is 0.554 bits per heavy atom. The largest absolute Gasteiger partial charge is 0.462 e. The maximum atomic E-state index is 12.7. The highest BCUT2D eigenvalue weighted by Gasteiger charge is 2.44. The SMILES string of the molecule is CCCCC/C=C/C/C=C/C/C=C/C/C=C/CCCC(=O)OC[C@@H](CO[C@H]1O[C@@H](CO)[C@@H](O)C(O)C1O)OC(=O)CCCCCCC/C=C/CCCCCCC. The van der Waals surface area contributed by atoms with E-state index in [1.165, 1.54) is 51.4 Å². The molecule has 1 fully saturated rings. The van der Waals surface area contributed by atoms with E-state index in [2.05, 4.69) is 68.5 Å². The maximum Gasteiger partial charge on any atom is 0.306 e. The molecule has 1 aliphatic rings. The van der Waals surface area contributed by atoms with Gasteiger partial charge in [0.1, 0.15) is 31.0 Å². The number of esters is 2. The zero-order chi connectivity index (χ0) is 40.9. The molecular weight excluding hydrogens is 712 g/mol. The Balaban J connectivity index is 2.40. The summed E-state index contributed by atoms with van der Waals surface area (Å²) in [6.07, 6.45) is 36.6. The van der Waals surface area contributed by atoms with Crippen molar-refractivity contribution < 1.29 is 49.0 Å². The first-order valence-electron chi connectivity index (χ1n) is 21.9. The van der Waals surface area contributed by atoms with Gasteiger partial charge in [0, 0.05) is 12.8 Å². The second-order valence-corrected chi connectivity index (χ2v) is 14.8. The first-order chi connectivity index (χ1) is 27.3. The van der Waals surface area contributed by atoms with Gasteiger partial charge in [0.2, 0.25) is 0 Å². The minimum absolute atomic E-state index is 0.196. The van der Waals surface area contributed by atoms with E-state index >= 15 is 0 Å². The Bertz CT molecular complexity index is 1100. The molecule has 1 rings (SSSR count). The van der Waals surface area contributed by atoms with Crippen LogP contribution >= 0.6 is 0 Å². The molecule has 1 aliphatic heterocycles. The lowest BCUT2D eigenvalue weighted by atomic mass is 9.99. The van der Waals surface area contributed by atoms with Crippen molar-refractivity contribution in [2.45, 2.75) is 198 Å². The van der Waals surface area contributed by atoms with Gasteiger partial charge in [-0.25, -0.2) is 0 Å². The number of rotatable bonds is 35. The van der Waals surface area contributed by atoms with Gasteiger partial charge in [-0.1, -0.05) is 132 Å². The lowest BCUT2D eigenvalue weighted by Gasteiger charge is -2.39. The van der Waals surface area contributed by atoms with Crippen molar-refractivity contribution in [3.63, 3.8) is 0 Å². The Labute approximate surface area is 339 Å². The number of carbonyl (C=O) groups excluding carboxylic acids is 2. The molecule has 6 atom stereocenters. The fraction of sp³-hybridized carbons (Fsp3) is 0.739. The molecule has 0 aromatic heterocycles. The van der Waals surface area contributed by atoms with Crippen LogP contribution in [-0.2, 0) is 28.5 Å². The fourth-order valence-electron chi connectivity index (χ4n) is 6.11. The van der Waals surface area contributed by atoms with Crippen LogP contribution in [0.2, 0.25) is 0 Å². The van der Waals surface area contributed by atoms with Crippen molar-refractivity contribution in [1.82, 2.24) is 0 Å². The summed E-state index contributed by atoms with van der Waals surface area (Å²) < 4.78 is 22.1. The highest BCUT2D eigenvalue weighted by Crippen LogP contribution is 2.22. The molecule has 0 bridgehead atoms. The molecule has 0 aromatic rings. The molecular formula is C46H78O10. The molecule has 2 unspecified atom stereocenters. The molecule has 10 nitrogen and oxygen atoms in total. The maximum absolute atomic E-state index is 12.7. The van der Waals surface area contributed by atoms with Crippen LogP contribution < -0.4 is 0 Å². The van der Waals surface area contributed by atoms with E-state index in [9.17, 15) is 30.0 Å².